The van der Waals surface area contributed by atoms with Crippen molar-refractivity contribution in [3.8, 4) is 0 Å². The third-order valence-corrected chi connectivity index (χ3v) is 5.96. The van der Waals surface area contributed by atoms with E-state index in [0.29, 0.717) is 5.88 Å². The van der Waals surface area contributed by atoms with Crippen LogP contribution in [0, 0.1) is 19.3 Å². The number of aryl methyl sites for hydroxylation is 3. The van der Waals surface area contributed by atoms with Crippen molar-refractivity contribution in [3.63, 3.8) is 0 Å². The minimum atomic E-state index is -0.783. The Bertz CT molecular complexity index is 1040. The molecule has 0 aliphatic carbocycles. The fraction of sp³-hybridized carbons (Fsp3) is 0.409. The molecule has 0 fully saturated rings. The van der Waals surface area contributed by atoms with Gasteiger partial charge in [0.05, 0.1) is 18.0 Å². The summed E-state index contributed by atoms with van der Waals surface area (Å²) >= 11 is 6.16. The molecule has 2 aromatic carbocycles. The number of aromatic nitrogens is 3. The number of nitrogens with zero attached hydrogens (tertiary/aromatic N) is 3. The summed E-state index contributed by atoms with van der Waals surface area (Å²) in [5.74, 6) is -0.0502. The van der Waals surface area contributed by atoms with Gasteiger partial charge in [-0.05, 0) is 61.6 Å². The molecule has 0 amide bonds. The molecule has 3 rings (SSSR count). The van der Waals surface area contributed by atoms with Gasteiger partial charge in [0, 0.05) is 18.8 Å². The monoisotopic (exact) mass is 399 g/mol. The SMILES string of the molecule is COC(=O)C(C)(C)[C@@H](c1ccc(C)c(CCl)c1)c1ccc2c(nnn2C)c1C. The quantitative estimate of drug-likeness (QED) is 0.462. The van der Waals surface area contributed by atoms with E-state index in [-0.39, 0.29) is 11.9 Å². The van der Waals surface area contributed by atoms with Crippen LogP contribution in [0.3, 0.4) is 0 Å². The summed E-state index contributed by atoms with van der Waals surface area (Å²) in [6, 6.07) is 10.3. The molecule has 0 N–H and O–H groups in total. The number of rotatable bonds is 5. The molecular weight excluding hydrogens is 374 g/mol. The van der Waals surface area contributed by atoms with Gasteiger partial charge in [0.1, 0.15) is 5.52 Å². The highest BCUT2D eigenvalue weighted by Crippen LogP contribution is 2.44. The Balaban J connectivity index is 2.28. The third kappa shape index (κ3) is 3.28. The molecule has 0 aliphatic rings. The number of benzene rings is 2. The van der Waals surface area contributed by atoms with E-state index in [2.05, 4.69) is 34.6 Å². The van der Waals surface area contributed by atoms with Crippen molar-refractivity contribution in [1.82, 2.24) is 15.0 Å². The smallest absolute Gasteiger partial charge is 0.312 e. The Morgan fingerprint density at radius 2 is 1.96 bits per heavy atom. The summed E-state index contributed by atoms with van der Waals surface area (Å²) in [6.45, 7) is 7.91. The number of carbonyl (C=O) groups excluding carboxylic acids is 1. The van der Waals surface area contributed by atoms with Crippen LogP contribution in [0.4, 0.5) is 0 Å². The van der Waals surface area contributed by atoms with Crippen LogP contribution in [0.25, 0.3) is 11.0 Å². The molecule has 1 heterocycles. The second-order valence-electron chi connectivity index (χ2n) is 7.83. The lowest BCUT2D eigenvalue weighted by atomic mass is 9.69. The summed E-state index contributed by atoms with van der Waals surface area (Å²) in [4.78, 5) is 12.7. The summed E-state index contributed by atoms with van der Waals surface area (Å²) in [6.07, 6.45) is 0. The number of esters is 1. The lowest BCUT2D eigenvalue weighted by Gasteiger charge is -2.34. The van der Waals surface area contributed by atoms with Crippen molar-refractivity contribution in [3.05, 3.63) is 58.1 Å². The van der Waals surface area contributed by atoms with Gasteiger partial charge in [-0.1, -0.05) is 29.5 Å². The van der Waals surface area contributed by atoms with Gasteiger partial charge in [0.2, 0.25) is 0 Å². The number of fused-ring (bicyclic) bond motifs is 1. The largest absolute Gasteiger partial charge is 0.469 e. The Hall–Kier alpha value is -2.40. The van der Waals surface area contributed by atoms with E-state index in [1.165, 1.54) is 7.11 Å². The summed E-state index contributed by atoms with van der Waals surface area (Å²) in [5.41, 5.74) is 6.29. The van der Waals surface area contributed by atoms with E-state index < -0.39 is 5.41 Å². The van der Waals surface area contributed by atoms with E-state index in [4.69, 9.17) is 16.3 Å². The van der Waals surface area contributed by atoms with Crippen molar-refractivity contribution in [1.29, 1.82) is 0 Å². The fourth-order valence-electron chi connectivity index (χ4n) is 3.94. The minimum absolute atomic E-state index is 0.214. The van der Waals surface area contributed by atoms with Crippen LogP contribution in [-0.2, 0) is 22.5 Å². The van der Waals surface area contributed by atoms with Gasteiger partial charge in [0.25, 0.3) is 0 Å². The highest BCUT2D eigenvalue weighted by Gasteiger charge is 2.41. The van der Waals surface area contributed by atoms with E-state index in [1.807, 2.05) is 40.8 Å². The van der Waals surface area contributed by atoms with E-state index >= 15 is 0 Å². The third-order valence-electron chi connectivity index (χ3n) is 5.67. The number of methoxy groups -OCH3 is 1. The Morgan fingerprint density at radius 3 is 2.61 bits per heavy atom. The molecule has 0 spiro atoms. The lowest BCUT2D eigenvalue weighted by molar-refractivity contribution is -0.151. The zero-order valence-electron chi connectivity index (χ0n) is 17.2. The standard InChI is InChI=1S/C22H26ClN3O2/c1-13-7-8-15(11-16(13)12-23)19(22(3,4)21(27)28-6)17-9-10-18-20(14(17)2)24-25-26(18)5/h7-11,19H,12H2,1-6H3/t19-/m0/s1. The van der Waals surface area contributed by atoms with Gasteiger partial charge in [-0.3, -0.25) is 4.79 Å². The van der Waals surface area contributed by atoms with Gasteiger partial charge >= 0.3 is 5.97 Å². The maximum absolute atomic E-state index is 12.7. The number of alkyl halides is 1. The van der Waals surface area contributed by atoms with Crippen LogP contribution in [-0.4, -0.2) is 28.1 Å². The summed E-state index contributed by atoms with van der Waals surface area (Å²) in [5, 5.41) is 8.46. The first-order chi connectivity index (χ1) is 13.2. The van der Waals surface area contributed by atoms with Gasteiger partial charge in [-0.2, -0.15) is 0 Å². The second kappa shape index (κ2) is 7.55. The van der Waals surface area contributed by atoms with E-state index in [1.54, 1.807) is 4.68 Å². The molecule has 0 aliphatic heterocycles. The molecular formula is C22H26ClN3O2. The molecule has 5 nitrogen and oxygen atoms in total. The van der Waals surface area contributed by atoms with Gasteiger partial charge in [-0.25, -0.2) is 4.68 Å². The summed E-state index contributed by atoms with van der Waals surface area (Å²) in [7, 11) is 3.30. The van der Waals surface area contributed by atoms with Crippen LogP contribution in [0.2, 0.25) is 0 Å². The fourth-order valence-corrected chi connectivity index (χ4v) is 4.23. The van der Waals surface area contributed by atoms with Crippen molar-refractivity contribution in [2.45, 2.75) is 39.5 Å². The Kier molecular flexibility index (Phi) is 5.48. The highest BCUT2D eigenvalue weighted by molar-refractivity contribution is 6.17. The average molecular weight is 400 g/mol. The Labute approximate surface area is 170 Å². The maximum Gasteiger partial charge on any atom is 0.312 e. The maximum atomic E-state index is 12.7. The predicted octanol–water partition coefficient (Wildman–Crippen LogP) is 4.66. The molecule has 0 saturated carbocycles. The predicted molar refractivity (Wildman–Crippen MR) is 112 cm³/mol. The molecule has 0 saturated heterocycles. The van der Waals surface area contributed by atoms with Crippen molar-refractivity contribution < 1.29 is 9.53 Å². The number of hydrogen-bond donors (Lipinski definition) is 0. The van der Waals surface area contributed by atoms with Crippen molar-refractivity contribution >= 4 is 28.6 Å². The van der Waals surface area contributed by atoms with E-state index in [9.17, 15) is 4.79 Å². The second-order valence-corrected chi connectivity index (χ2v) is 8.09. The molecule has 6 heteroatoms. The first-order valence-corrected chi connectivity index (χ1v) is 9.78. The lowest BCUT2D eigenvalue weighted by Crippen LogP contribution is -2.34. The van der Waals surface area contributed by atoms with Crippen LogP contribution >= 0.6 is 11.6 Å². The normalized spacial score (nSPS) is 13.0. The number of hydrogen-bond acceptors (Lipinski definition) is 4. The minimum Gasteiger partial charge on any atom is -0.469 e. The van der Waals surface area contributed by atoms with Crippen LogP contribution < -0.4 is 0 Å². The molecule has 28 heavy (non-hydrogen) atoms. The van der Waals surface area contributed by atoms with Crippen LogP contribution in [0.15, 0.2) is 30.3 Å². The zero-order chi connectivity index (χ0) is 20.6. The van der Waals surface area contributed by atoms with Crippen molar-refractivity contribution in [2.75, 3.05) is 7.11 Å². The first kappa shape index (κ1) is 20.3. The molecule has 0 bridgehead atoms. The van der Waals surface area contributed by atoms with Crippen LogP contribution in [0.5, 0.6) is 0 Å². The summed E-state index contributed by atoms with van der Waals surface area (Å²) < 4.78 is 6.91. The van der Waals surface area contributed by atoms with Gasteiger partial charge in [0.15, 0.2) is 0 Å². The molecule has 0 unspecified atom stereocenters. The van der Waals surface area contributed by atoms with E-state index in [0.717, 1.165) is 38.9 Å². The van der Waals surface area contributed by atoms with Gasteiger partial charge < -0.3 is 4.74 Å². The highest BCUT2D eigenvalue weighted by atomic mass is 35.5. The number of ether oxygens (including phenoxy) is 1. The van der Waals surface area contributed by atoms with Crippen molar-refractivity contribution in [2.24, 2.45) is 12.5 Å². The first-order valence-electron chi connectivity index (χ1n) is 9.25. The zero-order valence-corrected chi connectivity index (χ0v) is 18.0. The topological polar surface area (TPSA) is 57.0 Å². The molecule has 3 aromatic rings. The average Bonchev–Trinajstić information content (AvgIpc) is 3.05. The molecule has 148 valence electrons. The molecule has 1 aromatic heterocycles. The Morgan fingerprint density at radius 1 is 1.25 bits per heavy atom. The molecule has 1 atom stereocenters. The molecule has 0 radical (unpaired) electrons. The van der Waals surface area contributed by atoms with Gasteiger partial charge in [-0.15, -0.1) is 16.7 Å². The number of carbonyl (C=O) groups is 1. The van der Waals surface area contributed by atoms with Crippen LogP contribution in [0.1, 0.15) is 47.6 Å². The number of halogens is 1.